The van der Waals surface area contributed by atoms with E-state index in [1.54, 1.807) is 7.11 Å². The zero-order valence-electron chi connectivity index (χ0n) is 12.3. The van der Waals surface area contributed by atoms with Gasteiger partial charge in [0, 0.05) is 32.1 Å². The molecule has 1 saturated heterocycles. The first-order chi connectivity index (χ1) is 10.3. The fourth-order valence-corrected chi connectivity index (χ4v) is 2.84. The van der Waals surface area contributed by atoms with E-state index in [-0.39, 0.29) is 6.10 Å². The number of β-amino-alcohol motifs (C(OH)–C–C–N with tert-alkyl or cyclic N) is 1. The van der Waals surface area contributed by atoms with E-state index < -0.39 is 0 Å². The van der Waals surface area contributed by atoms with E-state index in [2.05, 4.69) is 34.9 Å². The van der Waals surface area contributed by atoms with E-state index in [1.165, 1.54) is 16.3 Å². The second-order valence-electron chi connectivity index (χ2n) is 5.66. The van der Waals surface area contributed by atoms with Crippen LogP contribution in [0.25, 0.3) is 10.8 Å². The van der Waals surface area contributed by atoms with Gasteiger partial charge in [-0.25, -0.2) is 0 Å². The Balaban J connectivity index is 1.62. The number of aliphatic hydroxyl groups is 1. The molecule has 21 heavy (non-hydrogen) atoms. The third-order valence-corrected chi connectivity index (χ3v) is 4.15. The topological polar surface area (TPSA) is 53.5 Å². The van der Waals surface area contributed by atoms with Crippen molar-refractivity contribution < 1.29 is 9.84 Å². The summed E-state index contributed by atoms with van der Waals surface area (Å²) in [6.07, 6.45) is -0.221. The van der Waals surface area contributed by atoms with Gasteiger partial charge in [-0.05, 0) is 34.5 Å². The Morgan fingerprint density at radius 3 is 2.76 bits per heavy atom. The van der Waals surface area contributed by atoms with Gasteiger partial charge in [0.15, 0.2) is 0 Å². The molecule has 4 heteroatoms. The lowest BCUT2D eigenvalue weighted by Crippen LogP contribution is -2.30. The first kappa shape index (κ1) is 14.3. The molecule has 3 rings (SSSR count). The molecule has 0 spiro atoms. The number of methoxy groups -OCH3 is 1. The number of ether oxygens (including phenoxy) is 1. The van der Waals surface area contributed by atoms with Crippen molar-refractivity contribution in [3.8, 4) is 5.75 Å². The van der Waals surface area contributed by atoms with Crippen molar-refractivity contribution in [2.45, 2.75) is 12.6 Å². The largest absolute Gasteiger partial charge is 0.497 e. The molecule has 4 nitrogen and oxygen atoms in total. The van der Waals surface area contributed by atoms with E-state index in [9.17, 15) is 5.11 Å². The normalized spacial score (nSPS) is 21.8. The molecular formula is C17H22N2O2. The summed E-state index contributed by atoms with van der Waals surface area (Å²) in [6.45, 7) is 3.27. The molecule has 1 aliphatic heterocycles. The van der Waals surface area contributed by atoms with Gasteiger partial charge in [-0.1, -0.05) is 18.2 Å². The quantitative estimate of drug-likeness (QED) is 0.780. The smallest absolute Gasteiger partial charge is 0.119 e. The van der Waals surface area contributed by atoms with E-state index in [0.29, 0.717) is 12.5 Å². The Labute approximate surface area is 125 Å². The van der Waals surface area contributed by atoms with Gasteiger partial charge in [0.25, 0.3) is 0 Å². The maximum Gasteiger partial charge on any atom is 0.119 e. The van der Waals surface area contributed by atoms with Crippen LogP contribution in [0.2, 0.25) is 0 Å². The van der Waals surface area contributed by atoms with Crippen molar-refractivity contribution in [2.75, 3.05) is 26.7 Å². The van der Waals surface area contributed by atoms with Crippen LogP contribution in [0.15, 0.2) is 36.4 Å². The van der Waals surface area contributed by atoms with Crippen molar-refractivity contribution in [3.05, 3.63) is 42.0 Å². The number of hydrogen-bond donors (Lipinski definition) is 3. The van der Waals surface area contributed by atoms with E-state index in [4.69, 9.17) is 4.74 Å². The Kier molecular flexibility index (Phi) is 4.39. The van der Waals surface area contributed by atoms with Crippen LogP contribution >= 0.6 is 0 Å². The summed E-state index contributed by atoms with van der Waals surface area (Å²) in [7, 11) is 1.69. The van der Waals surface area contributed by atoms with Gasteiger partial charge in [-0.2, -0.15) is 0 Å². The van der Waals surface area contributed by atoms with Crippen LogP contribution in [0.1, 0.15) is 5.56 Å². The molecule has 1 fully saturated rings. The molecule has 2 aromatic rings. The maximum absolute atomic E-state index is 9.76. The molecule has 112 valence electrons. The molecule has 0 bridgehead atoms. The molecular weight excluding hydrogens is 264 g/mol. The zero-order valence-corrected chi connectivity index (χ0v) is 12.3. The van der Waals surface area contributed by atoms with Crippen LogP contribution in [0.3, 0.4) is 0 Å². The molecule has 3 N–H and O–H groups in total. The second kappa shape index (κ2) is 6.43. The summed E-state index contributed by atoms with van der Waals surface area (Å²) in [5.74, 6) is 1.20. The summed E-state index contributed by atoms with van der Waals surface area (Å²) in [4.78, 5) is 0. The van der Waals surface area contributed by atoms with Gasteiger partial charge >= 0.3 is 0 Å². The summed E-state index contributed by atoms with van der Waals surface area (Å²) in [5.41, 5.74) is 1.26. The van der Waals surface area contributed by atoms with Crippen molar-refractivity contribution in [1.29, 1.82) is 0 Å². The molecule has 0 amide bonds. The fraction of sp³-hybridized carbons (Fsp3) is 0.412. The maximum atomic E-state index is 9.76. The molecule has 0 aromatic heterocycles. The summed E-state index contributed by atoms with van der Waals surface area (Å²) in [6, 6.07) is 12.6. The third kappa shape index (κ3) is 3.35. The fourth-order valence-electron chi connectivity index (χ4n) is 2.84. The predicted molar refractivity (Wildman–Crippen MR) is 84.6 cm³/mol. The van der Waals surface area contributed by atoms with Crippen molar-refractivity contribution in [1.82, 2.24) is 10.6 Å². The highest BCUT2D eigenvalue weighted by atomic mass is 16.5. The minimum atomic E-state index is -0.221. The highest BCUT2D eigenvalue weighted by molar-refractivity contribution is 5.84. The SMILES string of the molecule is COc1ccc2cc(CNCC3CNCC3O)ccc2c1. The summed E-state index contributed by atoms with van der Waals surface area (Å²) in [5, 5.41) is 18.8. The number of rotatable bonds is 5. The van der Waals surface area contributed by atoms with Crippen LogP contribution in [0.5, 0.6) is 5.75 Å². The zero-order chi connectivity index (χ0) is 14.7. The van der Waals surface area contributed by atoms with Crippen LogP contribution in [0, 0.1) is 5.92 Å². The van der Waals surface area contributed by atoms with Crippen molar-refractivity contribution in [3.63, 3.8) is 0 Å². The van der Waals surface area contributed by atoms with Crippen LogP contribution in [-0.4, -0.2) is 38.0 Å². The monoisotopic (exact) mass is 286 g/mol. The lowest BCUT2D eigenvalue weighted by Gasteiger charge is -2.14. The third-order valence-electron chi connectivity index (χ3n) is 4.15. The van der Waals surface area contributed by atoms with Gasteiger partial charge in [-0.3, -0.25) is 0 Å². The molecule has 0 saturated carbocycles. The standard InChI is InChI=1S/C17H22N2O2/c1-21-16-5-4-13-6-12(2-3-14(13)7-16)8-18-9-15-10-19-11-17(15)20/h2-7,15,17-20H,8-11H2,1H3. The highest BCUT2D eigenvalue weighted by Gasteiger charge is 2.23. The number of fused-ring (bicyclic) bond motifs is 1. The first-order valence-electron chi connectivity index (χ1n) is 7.42. The Morgan fingerprint density at radius 1 is 1.19 bits per heavy atom. The number of hydrogen-bond acceptors (Lipinski definition) is 4. The van der Waals surface area contributed by atoms with E-state index in [0.717, 1.165) is 25.4 Å². The highest BCUT2D eigenvalue weighted by Crippen LogP contribution is 2.21. The van der Waals surface area contributed by atoms with Crippen molar-refractivity contribution >= 4 is 10.8 Å². The van der Waals surface area contributed by atoms with E-state index >= 15 is 0 Å². The minimum Gasteiger partial charge on any atom is -0.497 e. The first-order valence-corrected chi connectivity index (χ1v) is 7.42. The van der Waals surface area contributed by atoms with Gasteiger partial charge in [0.1, 0.15) is 5.75 Å². The van der Waals surface area contributed by atoms with Crippen molar-refractivity contribution in [2.24, 2.45) is 5.92 Å². The molecule has 1 aliphatic rings. The molecule has 2 atom stereocenters. The second-order valence-corrected chi connectivity index (χ2v) is 5.66. The Morgan fingerprint density at radius 2 is 2.00 bits per heavy atom. The lowest BCUT2D eigenvalue weighted by molar-refractivity contribution is 0.146. The summed E-state index contributed by atoms with van der Waals surface area (Å²) >= 11 is 0. The lowest BCUT2D eigenvalue weighted by atomic mass is 10.1. The Bertz CT molecular complexity index is 615. The van der Waals surface area contributed by atoms with Gasteiger partial charge < -0.3 is 20.5 Å². The Hall–Kier alpha value is -1.62. The number of nitrogens with one attached hydrogen (secondary N) is 2. The molecule has 2 unspecified atom stereocenters. The van der Waals surface area contributed by atoms with Crippen LogP contribution in [-0.2, 0) is 6.54 Å². The minimum absolute atomic E-state index is 0.221. The number of aliphatic hydroxyl groups excluding tert-OH is 1. The average Bonchev–Trinajstić information content (AvgIpc) is 2.92. The molecule has 0 radical (unpaired) electrons. The van der Waals surface area contributed by atoms with Gasteiger partial charge in [0.2, 0.25) is 0 Å². The van der Waals surface area contributed by atoms with Crippen LogP contribution < -0.4 is 15.4 Å². The average molecular weight is 286 g/mol. The molecule has 1 heterocycles. The van der Waals surface area contributed by atoms with Crippen LogP contribution in [0.4, 0.5) is 0 Å². The molecule has 2 aromatic carbocycles. The van der Waals surface area contributed by atoms with Gasteiger partial charge in [-0.15, -0.1) is 0 Å². The van der Waals surface area contributed by atoms with Gasteiger partial charge in [0.05, 0.1) is 13.2 Å². The van der Waals surface area contributed by atoms with E-state index in [1.807, 2.05) is 12.1 Å². The predicted octanol–water partition coefficient (Wildman–Crippen LogP) is 1.52. The number of benzene rings is 2. The molecule has 0 aliphatic carbocycles. The summed E-state index contributed by atoms with van der Waals surface area (Å²) < 4.78 is 5.24.